The number of anilines is 3. The minimum atomic E-state index is 0.230. The average Bonchev–Trinajstić information content (AvgIpc) is 3.64. The molecule has 1 heterocycles. The van der Waals surface area contributed by atoms with Crippen LogP contribution in [0.3, 0.4) is 0 Å². The van der Waals surface area contributed by atoms with Gasteiger partial charge in [0.1, 0.15) is 11.3 Å². The van der Waals surface area contributed by atoms with Crippen LogP contribution in [0.15, 0.2) is 211 Å². The summed E-state index contributed by atoms with van der Waals surface area (Å²) in [5.74, 6) is 1.62. The first kappa shape index (κ1) is 31.8. The summed E-state index contributed by atoms with van der Waals surface area (Å²) in [6.45, 7) is 0. The van der Waals surface area contributed by atoms with Gasteiger partial charge in [-0.1, -0.05) is 176 Å². The lowest BCUT2D eigenvalue weighted by molar-refractivity contribution is 0.492. The number of rotatable bonds is 7. The van der Waals surface area contributed by atoms with Crippen molar-refractivity contribution in [1.82, 2.24) is 0 Å². The highest BCUT2D eigenvalue weighted by molar-refractivity contribution is 5.98. The number of benzene rings is 7. The molecule has 8 aromatic rings. The van der Waals surface area contributed by atoms with Crippen LogP contribution in [-0.4, -0.2) is 0 Å². The molecule has 0 amide bonds. The lowest BCUT2D eigenvalue weighted by Crippen LogP contribution is -2.12. The standard InChI is InChI=1S/C52H37NO/c1-3-13-36(14-4-1)37-23-25-38(26-24-37)39-27-31-43(32-28-39)53(49-21-11-9-18-44(49)40-15-5-2-6-16-40)50-22-12-10-19-45(50)42-30-34-51-48(35-42)47-33-29-41-17-7-8-20-46(41)52(47)54-51/h1-35,41,46H. The molecule has 54 heavy (non-hydrogen) atoms. The molecule has 2 aliphatic carbocycles. The fraction of sp³-hybridized carbons (Fsp3) is 0.0385. The van der Waals surface area contributed by atoms with Gasteiger partial charge in [0.05, 0.1) is 11.4 Å². The number of furan rings is 1. The van der Waals surface area contributed by atoms with E-state index < -0.39 is 0 Å². The molecular weight excluding hydrogens is 655 g/mol. The first-order valence-electron chi connectivity index (χ1n) is 18.7. The Morgan fingerprint density at radius 3 is 1.61 bits per heavy atom. The number of fused-ring (bicyclic) bond motifs is 5. The molecule has 0 saturated heterocycles. The van der Waals surface area contributed by atoms with E-state index >= 15 is 0 Å². The lowest BCUT2D eigenvalue weighted by atomic mass is 9.81. The second kappa shape index (κ2) is 13.6. The molecule has 2 heteroatoms. The van der Waals surface area contributed by atoms with Gasteiger partial charge in [-0.25, -0.2) is 0 Å². The summed E-state index contributed by atoms with van der Waals surface area (Å²) < 4.78 is 6.56. The zero-order valence-electron chi connectivity index (χ0n) is 29.7. The lowest BCUT2D eigenvalue weighted by Gasteiger charge is -2.30. The normalized spacial score (nSPS) is 15.6. The van der Waals surface area contributed by atoms with Gasteiger partial charge < -0.3 is 9.32 Å². The molecule has 1 aromatic heterocycles. The number of para-hydroxylation sites is 2. The molecule has 2 atom stereocenters. The van der Waals surface area contributed by atoms with Gasteiger partial charge >= 0.3 is 0 Å². The van der Waals surface area contributed by atoms with E-state index in [0.717, 1.165) is 44.9 Å². The van der Waals surface area contributed by atoms with Crippen molar-refractivity contribution in [3.8, 4) is 44.5 Å². The van der Waals surface area contributed by atoms with Gasteiger partial charge in [-0.05, 0) is 69.8 Å². The predicted molar refractivity (Wildman–Crippen MR) is 226 cm³/mol. The van der Waals surface area contributed by atoms with E-state index in [2.05, 4.69) is 217 Å². The monoisotopic (exact) mass is 691 g/mol. The maximum absolute atomic E-state index is 6.56. The Hall–Kier alpha value is -6.90. The second-order valence-electron chi connectivity index (χ2n) is 14.0. The number of allylic oxidation sites excluding steroid dienone is 5. The molecule has 10 rings (SSSR count). The van der Waals surface area contributed by atoms with Crippen LogP contribution < -0.4 is 4.90 Å². The topological polar surface area (TPSA) is 16.4 Å². The Balaban J connectivity index is 1.09. The maximum Gasteiger partial charge on any atom is 0.134 e. The first-order chi connectivity index (χ1) is 26.8. The van der Waals surface area contributed by atoms with E-state index in [1.807, 2.05) is 0 Å². The van der Waals surface area contributed by atoms with Crippen molar-refractivity contribution in [2.45, 2.75) is 5.92 Å². The molecule has 0 radical (unpaired) electrons. The average molecular weight is 692 g/mol. The number of hydrogen-bond acceptors (Lipinski definition) is 2. The van der Waals surface area contributed by atoms with Crippen LogP contribution in [0, 0.1) is 5.92 Å². The van der Waals surface area contributed by atoms with Crippen molar-refractivity contribution in [3.63, 3.8) is 0 Å². The number of nitrogens with zero attached hydrogens (tertiary/aromatic N) is 1. The fourth-order valence-corrected chi connectivity index (χ4v) is 8.14. The molecule has 7 aromatic carbocycles. The smallest absolute Gasteiger partial charge is 0.134 e. The summed E-state index contributed by atoms with van der Waals surface area (Å²) in [5, 5.41) is 1.15. The summed E-state index contributed by atoms with van der Waals surface area (Å²) in [6.07, 6.45) is 13.3. The Bertz CT molecular complexity index is 2700. The van der Waals surface area contributed by atoms with Crippen LogP contribution >= 0.6 is 0 Å². The van der Waals surface area contributed by atoms with E-state index in [-0.39, 0.29) is 5.92 Å². The zero-order chi connectivity index (χ0) is 35.8. The predicted octanol–water partition coefficient (Wildman–Crippen LogP) is 14.4. The van der Waals surface area contributed by atoms with E-state index in [9.17, 15) is 0 Å². The molecule has 0 spiro atoms. The van der Waals surface area contributed by atoms with Crippen LogP contribution in [0.2, 0.25) is 0 Å². The van der Waals surface area contributed by atoms with E-state index in [1.165, 1.54) is 38.9 Å². The maximum atomic E-state index is 6.56. The third kappa shape index (κ3) is 5.70. The van der Waals surface area contributed by atoms with Gasteiger partial charge in [0.15, 0.2) is 0 Å². The Morgan fingerprint density at radius 2 is 0.944 bits per heavy atom. The largest absolute Gasteiger partial charge is 0.460 e. The fourth-order valence-electron chi connectivity index (χ4n) is 8.14. The SMILES string of the molecule is C1=CC2C=Cc3c(oc4ccc(-c5ccccc5N(c5ccc(-c6ccc(-c7ccccc7)cc6)cc5)c5ccccc5-c5ccccc5)cc34)C2C=C1. The van der Waals surface area contributed by atoms with Gasteiger partial charge in [-0.15, -0.1) is 0 Å². The molecule has 0 aliphatic heterocycles. The Labute approximate surface area is 316 Å². The summed E-state index contributed by atoms with van der Waals surface area (Å²) >= 11 is 0. The highest BCUT2D eigenvalue weighted by Gasteiger charge is 2.29. The summed E-state index contributed by atoms with van der Waals surface area (Å²) in [6, 6.07) is 63.2. The minimum Gasteiger partial charge on any atom is -0.460 e. The van der Waals surface area contributed by atoms with Gasteiger partial charge in [0.2, 0.25) is 0 Å². The zero-order valence-corrected chi connectivity index (χ0v) is 29.7. The Kier molecular flexibility index (Phi) is 8.00. The van der Waals surface area contributed by atoms with Crippen LogP contribution in [0.25, 0.3) is 61.6 Å². The van der Waals surface area contributed by atoms with Crippen molar-refractivity contribution in [1.29, 1.82) is 0 Å². The van der Waals surface area contributed by atoms with Crippen molar-refractivity contribution in [2.24, 2.45) is 5.92 Å². The van der Waals surface area contributed by atoms with Crippen LogP contribution in [-0.2, 0) is 0 Å². The minimum absolute atomic E-state index is 0.230. The van der Waals surface area contributed by atoms with Gasteiger partial charge in [0, 0.05) is 39.6 Å². The highest BCUT2D eigenvalue weighted by Crippen LogP contribution is 2.47. The van der Waals surface area contributed by atoms with Gasteiger partial charge in [-0.3, -0.25) is 0 Å². The van der Waals surface area contributed by atoms with E-state index in [0.29, 0.717) is 5.92 Å². The van der Waals surface area contributed by atoms with Crippen LogP contribution in [0.1, 0.15) is 17.2 Å². The molecule has 2 nitrogen and oxygen atoms in total. The summed E-state index contributed by atoms with van der Waals surface area (Å²) in [7, 11) is 0. The van der Waals surface area contributed by atoms with Gasteiger partial charge in [0.25, 0.3) is 0 Å². The highest BCUT2D eigenvalue weighted by atomic mass is 16.3. The summed E-state index contributed by atoms with van der Waals surface area (Å²) in [4.78, 5) is 2.42. The quantitative estimate of drug-likeness (QED) is 0.165. The second-order valence-corrected chi connectivity index (χ2v) is 14.0. The van der Waals surface area contributed by atoms with Crippen LogP contribution in [0.5, 0.6) is 0 Å². The molecule has 2 unspecified atom stereocenters. The molecular formula is C52H37NO. The molecule has 0 bridgehead atoms. The van der Waals surface area contributed by atoms with Crippen LogP contribution in [0.4, 0.5) is 17.1 Å². The van der Waals surface area contributed by atoms with E-state index in [4.69, 9.17) is 4.42 Å². The Morgan fingerprint density at radius 1 is 0.426 bits per heavy atom. The number of hydrogen-bond donors (Lipinski definition) is 0. The molecule has 0 saturated carbocycles. The summed E-state index contributed by atoms with van der Waals surface area (Å²) in [5.41, 5.74) is 14.9. The molecule has 0 N–H and O–H groups in total. The third-order valence-corrected chi connectivity index (χ3v) is 10.9. The van der Waals surface area contributed by atoms with E-state index in [1.54, 1.807) is 0 Å². The first-order valence-corrected chi connectivity index (χ1v) is 18.7. The van der Waals surface area contributed by atoms with Crippen molar-refractivity contribution < 1.29 is 4.42 Å². The van der Waals surface area contributed by atoms with Gasteiger partial charge in [-0.2, -0.15) is 0 Å². The third-order valence-electron chi connectivity index (χ3n) is 10.9. The van der Waals surface area contributed by atoms with Crippen molar-refractivity contribution in [3.05, 3.63) is 218 Å². The van der Waals surface area contributed by atoms with Crippen molar-refractivity contribution >= 4 is 34.1 Å². The molecule has 0 fully saturated rings. The van der Waals surface area contributed by atoms with Crippen molar-refractivity contribution in [2.75, 3.05) is 4.90 Å². The molecule has 2 aliphatic rings. The molecule has 256 valence electrons.